The number of urea groups is 1. The van der Waals surface area contributed by atoms with E-state index < -0.39 is 0 Å². The summed E-state index contributed by atoms with van der Waals surface area (Å²) in [5.74, 6) is 0.594. The Kier molecular flexibility index (Phi) is 6.20. The minimum Gasteiger partial charge on any atom is -0.450 e. The van der Waals surface area contributed by atoms with Crippen LogP contribution in [0.5, 0.6) is 0 Å². The Labute approximate surface area is 173 Å². The molecule has 1 saturated carbocycles. The lowest BCUT2D eigenvalue weighted by atomic mass is 9.64. The van der Waals surface area contributed by atoms with Gasteiger partial charge in [0, 0.05) is 31.7 Å². The molecule has 3 saturated heterocycles. The number of ether oxygens (including phenoxy) is 1. The molecule has 8 heteroatoms. The molecular weight excluding hydrogens is 372 g/mol. The van der Waals surface area contributed by atoms with E-state index in [-0.39, 0.29) is 12.1 Å². The second-order valence-electron chi connectivity index (χ2n) is 9.32. The maximum absolute atomic E-state index is 12.2. The summed E-state index contributed by atoms with van der Waals surface area (Å²) in [7, 11) is 1.49. The zero-order valence-electron chi connectivity index (χ0n) is 17.9. The fraction of sp³-hybridized carbons (Fsp3) is 0.905. The Bertz CT molecular complexity index is 601. The average molecular weight is 409 g/mol. The van der Waals surface area contributed by atoms with Gasteiger partial charge in [-0.1, -0.05) is 0 Å². The summed E-state index contributed by atoms with van der Waals surface area (Å²) in [4.78, 5) is 35.6. The Morgan fingerprint density at radius 2 is 1.86 bits per heavy atom. The summed E-state index contributed by atoms with van der Waals surface area (Å²) in [5.41, 5.74) is 2.82. The molecular formula is C21H36N4O4. The molecule has 0 unspecified atom stereocenters. The van der Waals surface area contributed by atoms with Gasteiger partial charge in [-0.15, -0.1) is 0 Å². The molecule has 8 nitrogen and oxygen atoms in total. The largest absolute Gasteiger partial charge is 0.450 e. The zero-order chi connectivity index (χ0) is 20.4. The maximum Gasteiger partial charge on any atom is 0.409 e. The highest BCUT2D eigenvalue weighted by Crippen LogP contribution is 2.51. The van der Waals surface area contributed by atoms with Gasteiger partial charge in [-0.05, 0) is 76.3 Å². The Balaban J connectivity index is 1.22. The number of likely N-dealkylation sites (tertiary alicyclic amines) is 3. The highest BCUT2D eigenvalue weighted by Gasteiger charge is 2.51. The summed E-state index contributed by atoms with van der Waals surface area (Å²) < 4.78 is 5.17. The molecule has 3 aliphatic heterocycles. The molecule has 0 radical (unpaired) electrons. The lowest BCUT2D eigenvalue weighted by Gasteiger charge is -2.52. The van der Waals surface area contributed by atoms with Crippen molar-refractivity contribution in [2.75, 3.05) is 46.4 Å². The van der Waals surface area contributed by atoms with Crippen LogP contribution in [0.15, 0.2) is 0 Å². The van der Waals surface area contributed by atoms with Crippen LogP contribution in [-0.4, -0.2) is 85.3 Å². The predicted octanol–water partition coefficient (Wildman–Crippen LogP) is 2.44. The number of rotatable bonds is 4. The normalized spacial score (nSPS) is 33.2. The van der Waals surface area contributed by atoms with Crippen molar-refractivity contribution >= 4 is 12.1 Å². The van der Waals surface area contributed by atoms with Crippen molar-refractivity contribution in [2.24, 2.45) is 11.3 Å². The van der Waals surface area contributed by atoms with E-state index in [1.54, 1.807) is 0 Å². The van der Waals surface area contributed by atoms with Gasteiger partial charge < -0.3 is 19.4 Å². The minimum absolute atomic E-state index is 0.0919. The fourth-order valence-electron chi connectivity index (χ4n) is 6.19. The Hall–Kier alpha value is -1.54. The molecule has 1 atom stereocenters. The van der Waals surface area contributed by atoms with E-state index in [1.807, 2.05) is 16.7 Å². The average Bonchev–Trinajstić information content (AvgIpc) is 3.35. The van der Waals surface area contributed by atoms with Crippen molar-refractivity contribution in [2.45, 2.75) is 64.0 Å². The van der Waals surface area contributed by atoms with Crippen LogP contribution in [0.3, 0.4) is 0 Å². The van der Waals surface area contributed by atoms with Crippen LogP contribution in [0, 0.1) is 11.3 Å². The van der Waals surface area contributed by atoms with Crippen molar-refractivity contribution in [1.82, 2.24) is 20.2 Å². The van der Waals surface area contributed by atoms with E-state index in [1.165, 1.54) is 32.8 Å². The zero-order valence-corrected chi connectivity index (χ0v) is 17.9. The lowest BCUT2D eigenvalue weighted by molar-refractivity contribution is -0.0152. The molecule has 1 spiro atoms. The lowest BCUT2D eigenvalue weighted by Crippen LogP contribution is -2.55. The van der Waals surface area contributed by atoms with Crippen LogP contribution >= 0.6 is 0 Å². The quantitative estimate of drug-likeness (QED) is 0.724. The van der Waals surface area contributed by atoms with Gasteiger partial charge in [0.05, 0.1) is 13.7 Å². The summed E-state index contributed by atoms with van der Waals surface area (Å²) >= 11 is 0. The number of hydrogen-bond donors (Lipinski definition) is 1. The number of carbonyl (C=O) groups is 2. The second-order valence-corrected chi connectivity index (χ2v) is 9.32. The number of carbonyl (C=O) groups excluding carboxylic acids is 2. The van der Waals surface area contributed by atoms with E-state index in [0.29, 0.717) is 30.0 Å². The molecule has 1 aliphatic carbocycles. The third kappa shape index (κ3) is 4.19. The molecule has 164 valence electrons. The number of piperidine rings is 1. The third-order valence-electron chi connectivity index (χ3n) is 7.69. The van der Waals surface area contributed by atoms with Crippen LogP contribution < -0.4 is 5.48 Å². The first kappa shape index (κ1) is 20.7. The summed E-state index contributed by atoms with van der Waals surface area (Å²) in [6, 6.07) is 0.924. The van der Waals surface area contributed by atoms with Crippen LogP contribution in [0.1, 0.15) is 51.9 Å². The van der Waals surface area contributed by atoms with Crippen molar-refractivity contribution < 1.29 is 19.2 Å². The topological polar surface area (TPSA) is 74.4 Å². The molecule has 3 amide bonds. The number of nitrogens with one attached hydrogen (secondary N) is 1. The molecule has 4 fully saturated rings. The smallest absolute Gasteiger partial charge is 0.409 e. The van der Waals surface area contributed by atoms with Crippen LogP contribution in [-0.2, 0) is 9.57 Å². The van der Waals surface area contributed by atoms with E-state index in [4.69, 9.17) is 9.57 Å². The van der Waals surface area contributed by atoms with Crippen molar-refractivity contribution in [3.05, 3.63) is 0 Å². The van der Waals surface area contributed by atoms with Crippen molar-refractivity contribution in [3.8, 4) is 0 Å². The van der Waals surface area contributed by atoms with Gasteiger partial charge in [-0.25, -0.2) is 15.1 Å². The fourth-order valence-corrected chi connectivity index (χ4v) is 6.19. The van der Waals surface area contributed by atoms with E-state index >= 15 is 0 Å². The molecule has 3 heterocycles. The monoisotopic (exact) mass is 408 g/mol. The second kappa shape index (κ2) is 8.68. The standard InChI is InChI=1S/C21H36N4O4/c1-3-29-20(27)24-12-8-21(15-24)13-17(14-21)23-10-6-16(7-11-23)18-5-4-9-25(18)19(26)22-28-2/h16-18H,3-15H2,1-2H3,(H,22,26)/t17?,18-,21?/m0/s1. The maximum atomic E-state index is 12.2. The Morgan fingerprint density at radius 3 is 2.55 bits per heavy atom. The molecule has 0 bridgehead atoms. The van der Waals surface area contributed by atoms with Crippen LogP contribution in [0.2, 0.25) is 0 Å². The molecule has 29 heavy (non-hydrogen) atoms. The highest BCUT2D eigenvalue weighted by atomic mass is 16.6. The minimum atomic E-state index is -0.146. The number of hydroxylamine groups is 1. The highest BCUT2D eigenvalue weighted by molar-refractivity contribution is 5.73. The van der Waals surface area contributed by atoms with Gasteiger partial charge in [0.1, 0.15) is 0 Å². The summed E-state index contributed by atoms with van der Waals surface area (Å²) in [6.45, 7) is 7.11. The van der Waals surface area contributed by atoms with Crippen molar-refractivity contribution in [3.63, 3.8) is 0 Å². The predicted molar refractivity (Wildman–Crippen MR) is 108 cm³/mol. The molecule has 1 N–H and O–H groups in total. The first-order chi connectivity index (χ1) is 14.0. The van der Waals surface area contributed by atoms with Gasteiger partial charge in [0.15, 0.2) is 0 Å². The van der Waals surface area contributed by atoms with Gasteiger partial charge in [-0.2, -0.15) is 0 Å². The van der Waals surface area contributed by atoms with E-state index in [9.17, 15) is 9.59 Å². The Morgan fingerprint density at radius 1 is 1.10 bits per heavy atom. The van der Waals surface area contributed by atoms with Crippen LogP contribution in [0.4, 0.5) is 9.59 Å². The van der Waals surface area contributed by atoms with Crippen molar-refractivity contribution in [1.29, 1.82) is 0 Å². The molecule has 4 aliphatic rings. The van der Waals surface area contributed by atoms with Crippen LogP contribution in [0.25, 0.3) is 0 Å². The van der Waals surface area contributed by atoms with Gasteiger partial charge in [0.25, 0.3) is 0 Å². The van der Waals surface area contributed by atoms with Gasteiger partial charge in [-0.3, -0.25) is 4.84 Å². The first-order valence-electron chi connectivity index (χ1n) is 11.3. The van der Waals surface area contributed by atoms with Gasteiger partial charge in [0.2, 0.25) is 0 Å². The third-order valence-corrected chi connectivity index (χ3v) is 7.69. The summed E-state index contributed by atoms with van der Waals surface area (Å²) in [5, 5.41) is 0. The molecule has 0 aromatic rings. The molecule has 0 aromatic heterocycles. The molecule has 0 aromatic carbocycles. The SMILES string of the molecule is CCOC(=O)N1CCC2(CC(N3CCC([C@@H]4CCCN4C(=O)NOC)CC3)C2)C1. The number of nitrogens with zero attached hydrogens (tertiary/aromatic N) is 3. The molecule has 4 rings (SSSR count). The van der Waals surface area contributed by atoms with E-state index in [0.717, 1.165) is 52.0 Å². The number of amides is 3. The summed E-state index contributed by atoms with van der Waals surface area (Å²) in [6.07, 6.45) is 7.91. The van der Waals surface area contributed by atoms with Gasteiger partial charge >= 0.3 is 12.1 Å². The number of hydrogen-bond acceptors (Lipinski definition) is 5. The van der Waals surface area contributed by atoms with E-state index in [2.05, 4.69) is 10.4 Å². The first-order valence-corrected chi connectivity index (χ1v) is 11.3.